The van der Waals surface area contributed by atoms with Gasteiger partial charge in [-0.1, -0.05) is 24.3 Å². The second-order valence-corrected chi connectivity index (χ2v) is 7.43. The second-order valence-electron chi connectivity index (χ2n) is 7.43. The molecule has 0 saturated heterocycles. The SMILES string of the molecule is CCOc1ccc(C2=C(Nc3cccc(C(F)(F)F)c3)C(=O)N(Cc3ccccn3)C2=O)cc1. The van der Waals surface area contributed by atoms with Crippen LogP contribution in [0.15, 0.2) is 78.6 Å². The minimum atomic E-state index is -4.55. The van der Waals surface area contributed by atoms with Crippen molar-refractivity contribution in [1.82, 2.24) is 9.88 Å². The maximum absolute atomic E-state index is 13.3. The van der Waals surface area contributed by atoms with Gasteiger partial charge in [0, 0.05) is 11.9 Å². The first-order valence-corrected chi connectivity index (χ1v) is 10.5. The van der Waals surface area contributed by atoms with Crippen molar-refractivity contribution in [2.75, 3.05) is 11.9 Å². The number of carbonyl (C=O) groups is 2. The van der Waals surface area contributed by atoms with Crippen molar-refractivity contribution in [2.24, 2.45) is 0 Å². The Morgan fingerprint density at radius 2 is 1.74 bits per heavy atom. The van der Waals surface area contributed by atoms with Crippen molar-refractivity contribution in [3.05, 3.63) is 95.4 Å². The Hall–Kier alpha value is -4.14. The van der Waals surface area contributed by atoms with Crippen molar-refractivity contribution >= 4 is 23.1 Å². The average Bonchev–Trinajstić information content (AvgIpc) is 3.04. The molecule has 1 aliphatic rings. The summed E-state index contributed by atoms with van der Waals surface area (Å²) in [4.78, 5) is 31.8. The number of hydrogen-bond donors (Lipinski definition) is 1. The van der Waals surface area contributed by atoms with Crippen LogP contribution >= 0.6 is 0 Å². The summed E-state index contributed by atoms with van der Waals surface area (Å²) in [6.45, 7) is 2.22. The van der Waals surface area contributed by atoms with Gasteiger partial charge in [-0.25, -0.2) is 0 Å². The third kappa shape index (κ3) is 4.78. The van der Waals surface area contributed by atoms with E-state index in [-0.39, 0.29) is 23.5 Å². The number of nitrogens with one attached hydrogen (secondary N) is 1. The van der Waals surface area contributed by atoms with E-state index in [2.05, 4.69) is 10.3 Å². The quantitative estimate of drug-likeness (QED) is 0.501. The molecule has 34 heavy (non-hydrogen) atoms. The van der Waals surface area contributed by atoms with E-state index < -0.39 is 23.6 Å². The number of alkyl halides is 3. The minimum Gasteiger partial charge on any atom is -0.494 e. The summed E-state index contributed by atoms with van der Waals surface area (Å²) in [6.07, 6.45) is -3.01. The third-order valence-electron chi connectivity index (χ3n) is 5.13. The monoisotopic (exact) mass is 467 g/mol. The zero-order valence-electron chi connectivity index (χ0n) is 18.1. The number of hydrogen-bond acceptors (Lipinski definition) is 5. The number of carbonyl (C=O) groups excluding carboxylic acids is 2. The van der Waals surface area contributed by atoms with Crippen LogP contribution in [0.4, 0.5) is 18.9 Å². The van der Waals surface area contributed by atoms with E-state index in [4.69, 9.17) is 4.74 Å². The summed E-state index contributed by atoms with van der Waals surface area (Å²) in [5.74, 6) is -0.646. The van der Waals surface area contributed by atoms with E-state index >= 15 is 0 Å². The standard InChI is InChI=1S/C25H20F3N3O3/c1-2-34-20-11-9-16(10-12-20)21-22(30-18-8-5-6-17(14-18)25(26,27)28)24(33)31(23(21)32)15-19-7-3-4-13-29-19/h3-14,30H,2,15H2,1H3. The van der Waals surface area contributed by atoms with Crippen LogP contribution in [0.25, 0.3) is 5.57 Å². The zero-order valence-corrected chi connectivity index (χ0v) is 18.1. The molecule has 1 aromatic heterocycles. The van der Waals surface area contributed by atoms with Crippen LogP contribution in [0.1, 0.15) is 23.7 Å². The van der Waals surface area contributed by atoms with Crippen LogP contribution in [0, 0.1) is 0 Å². The van der Waals surface area contributed by atoms with E-state index in [0.717, 1.165) is 17.0 Å². The highest BCUT2D eigenvalue weighted by atomic mass is 19.4. The van der Waals surface area contributed by atoms with Crippen molar-refractivity contribution in [2.45, 2.75) is 19.6 Å². The molecule has 1 N–H and O–H groups in total. The maximum atomic E-state index is 13.3. The Morgan fingerprint density at radius 3 is 2.38 bits per heavy atom. The lowest BCUT2D eigenvalue weighted by Crippen LogP contribution is -2.32. The number of nitrogens with zero attached hydrogens (tertiary/aromatic N) is 2. The number of aromatic nitrogens is 1. The van der Waals surface area contributed by atoms with Crippen LogP contribution in [0.5, 0.6) is 5.75 Å². The van der Waals surface area contributed by atoms with E-state index in [1.807, 2.05) is 6.92 Å². The molecule has 9 heteroatoms. The summed E-state index contributed by atoms with van der Waals surface area (Å²) in [6, 6.07) is 16.1. The lowest BCUT2D eigenvalue weighted by Gasteiger charge is -2.15. The van der Waals surface area contributed by atoms with Gasteiger partial charge in [0.1, 0.15) is 11.4 Å². The van der Waals surface area contributed by atoms with E-state index in [1.54, 1.807) is 48.7 Å². The number of anilines is 1. The number of rotatable bonds is 7. The average molecular weight is 467 g/mol. The maximum Gasteiger partial charge on any atom is 0.416 e. The number of amides is 2. The Bertz CT molecular complexity index is 1240. The molecule has 0 fully saturated rings. The van der Waals surface area contributed by atoms with Crippen molar-refractivity contribution < 1.29 is 27.5 Å². The van der Waals surface area contributed by atoms with Gasteiger partial charge in [-0.05, 0) is 55.0 Å². The molecule has 4 rings (SSSR count). The summed E-state index contributed by atoms with van der Waals surface area (Å²) in [5, 5.41) is 2.75. The van der Waals surface area contributed by atoms with E-state index in [9.17, 15) is 22.8 Å². The number of imide groups is 1. The summed E-state index contributed by atoms with van der Waals surface area (Å²) >= 11 is 0. The number of benzene rings is 2. The fourth-order valence-corrected chi connectivity index (χ4v) is 3.56. The van der Waals surface area contributed by atoms with Crippen molar-refractivity contribution in [3.63, 3.8) is 0 Å². The van der Waals surface area contributed by atoms with Crippen molar-refractivity contribution in [3.8, 4) is 5.75 Å². The van der Waals surface area contributed by atoms with Gasteiger partial charge in [-0.2, -0.15) is 13.2 Å². The Labute approximate surface area is 193 Å². The minimum absolute atomic E-state index is 0.0362. The largest absolute Gasteiger partial charge is 0.494 e. The number of halogens is 3. The van der Waals surface area contributed by atoms with Crippen LogP contribution in [-0.2, 0) is 22.3 Å². The van der Waals surface area contributed by atoms with Gasteiger partial charge in [0.05, 0.1) is 30.0 Å². The Kier molecular flexibility index (Phi) is 6.36. The highest BCUT2D eigenvalue weighted by Gasteiger charge is 2.39. The molecule has 1 aliphatic heterocycles. The predicted octanol–water partition coefficient (Wildman–Crippen LogP) is 4.89. The first-order valence-electron chi connectivity index (χ1n) is 10.5. The fourth-order valence-electron chi connectivity index (χ4n) is 3.56. The molecule has 0 atom stereocenters. The first-order chi connectivity index (χ1) is 16.3. The van der Waals surface area contributed by atoms with Crippen LogP contribution in [-0.4, -0.2) is 28.3 Å². The zero-order chi connectivity index (χ0) is 24.3. The lowest BCUT2D eigenvalue weighted by molar-refractivity contribution is -0.138. The lowest BCUT2D eigenvalue weighted by atomic mass is 10.0. The summed E-state index contributed by atoms with van der Waals surface area (Å²) in [5.41, 5.74) is 0.0399. The topological polar surface area (TPSA) is 71.5 Å². The van der Waals surface area contributed by atoms with E-state index in [1.165, 1.54) is 12.1 Å². The smallest absolute Gasteiger partial charge is 0.416 e. The summed E-state index contributed by atoms with van der Waals surface area (Å²) < 4.78 is 45.0. The van der Waals surface area contributed by atoms with Gasteiger partial charge in [-0.15, -0.1) is 0 Å². The molecule has 0 spiro atoms. The van der Waals surface area contributed by atoms with Gasteiger partial charge < -0.3 is 10.1 Å². The molecule has 6 nitrogen and oxygen atoms in total. The Balaban J connectivity index is 1.74. The van der Waals surface area contributed by atoms with Gasteiger partial charge in [0.25, 0.3) is 11.8 Å². The normalized spacial score (nSPS) is 14.1. The number of ether oxygens (including phenoxy) is 1. The molecule has 3 aromatic rings. The van der Waals surface area contributed by atoms with Crippen LogP contribution < -0.4 is 10.1 Å². The molecular formula is C25H20F3N3O3. The number of pyridine rings is 1. The molecule has 0 aliphatic carbocycles. The van der Waals surface area contributed by atoms with Crippen LogP contribution in [0.2, 0.25) is 0 Å². The summed E-state index contributed by atoms with van der Waals surface area (Å²) in [7, 11) is 0. The van der Waals surface area contributed by atoms with Crippen LogP contribution in [0.3, 0.4) is 0 Å². The highest BCUT2D eigenvalue weighted by Crippen LogP contribution is 2.34. The van der Waals surface area contributed by atoms with Crippen molar-refractivity contribution in [1.29, 1.82) is 0 Å². The van der Waals surface area contributed by atoms with Gasteiger partial charge in [0.15, 0.2) is 0 Å². The highest BCUT2D eigenvalue weighted by molar-refractivity contribution is 6.36. The predicted molar refractivity (Wildman–Crippen MR) is 119 cm³/mol. The van der Waals surface area contributed by atoms with Gasteiger partial charge in [0.2, 0.25) is 0 Å². The molecular weight excluding hydrogens is 447 g/mol. The molecule has 0 radical (unpaired) electrons. The molecule has 0 unspecified atom stereocenters. The van der Waals surface area contributed by atoms with Gasteiger partial charge in [-0.3, -0.25) is 19.5 Å². The molecule has 174 valence electrons. The third-order valence-corrected chi connectivity index (χ3v) is 5.13. The first kappa shape index (κ1) is 23.0. The molecule has 2 heterocycles. The molecule has 0 bridgehead atoms. The second kappa shape index (κ2) is 9.38. The molecule has 0 saturated carbocycles. The van der Waals surface area contributed by atoms with Gasteiger partial charge >= 0.3 is 6.18 Å². The van der Waals surface area contributed by atoms with E-state index in [0.29, 0.717) is 23.6 Å². The fraction of sp³-hybridized carbons (Fsp3) is 0.160. The Morgan fingerprint density at radius 1 is 0.971 bits per heavy atom. The molecule has 2 amide bonds. The molecule has 2 aromatic carbocycles.